The molecule has 0 aromatic heterocycles. The molecule has 0 saturated carbocycles. The van der Waals surface area contributed by atoms with E-state index in [0.717, 1.165) is 17.2 Å². The van der Waals surface area contributed by atoms with Crippen LogP contribution >= 0.6 is 0 Å². The Morgan fingerprint density at radius 1 is 1.03 bits per heavy atom. The maximum Gasteiger partial charge on any atom is 1.00 e. The number of hydrogen-bond acceptors (Lipinski definition) is 2. The third-order valence-corrected chi connectivity index (χ3v) is 5.40. The summed E-state index contributed by atoms with van der Waals surface area (Å²) in [5, 5.41) is 1.20. The Morgan fingerprint density at radius 3 is 2.03 bits per heavy atom. The van der Waals surface area contributed by atoms with Gasteiger partial charge in [0.1, 0.15) is 5.82 Å². The molecular formula is C24H30BF4KN2O2. The van der Waals surface area contributed by atoms with Crippen molar-refractivity contribution in [2.45, 2.75) is 60.4 Å². The molecule has 2 amide bonds. The van der Waals surface area contributed by atoms with E-state index >= 15 is 0 Å². The second-order valence-electron chi connectivity index (χ2n) is 9.48. The Kier molecular flexibility index (Phi) is 11.0. The largest absolute Gasteiger partial charge is 1.00 e. The van der Waals surface area contributed by atoms with Crippen LogP contribution in [0.2, 0.25) is 0 Å². The number of carbonyl (C=O) groups excluding carboxylic acids is 2. The van der Waals surface area contributed by atoms with E-state index in [4.69, 9.17) is 0 Å². The summed E-state index contributed by atoms with van der Waals surface area (Å²) in [7, 11) is 0. The molecule has 0 heterocycles. The van der Waals surface area contributed by atoms with Gasteiger partial charge in [-0.1, -0.05) is 63.4 Å². The molecule has 4 nitrogen and oxygen atoms in total. The van der Waals surface area contributed by atoms with Crippen molar-refractivity contribution in [2.75, 3.05) is 0 Å². The monoisotopic (exact) mass is 504 g/mol. The van der Waals surface area contributed by atoms with E-state index in [2.05, 4.69) is 5.43 Å². The molecule has 34 heavy (non-hydrogen) atoms. The number of amides is 2. The van der Waals surface area contributed by atoms with Crippen molar-refractivity contribution in [2.24, 2.45) is 5.41 Å². The Morgan fingerprint density at radius 2 is 1.59 bits per heavy atom. The fourth-order valence-electron chi connectivity index (χ4n) is 3.82. The summed E-state index contributed by atoms with van der Waals surface area (Å²) in [5.74, 6) is -2.76. The first-order valence-corrected chi connectivity index (χ1v) is 10.9. The second-order valence-corrected chi connectivity index (χ2v) is 9.48. The van der Waals surface area contributed by atoms with Crippen molar-refractivity contribution < 1.29 is 78.3 Å². The number of hydrazine groups is 1. The fourth-order valence-corrected chi connectivity index (χ4v) is 3.82. The Labute approximate surface area is 241 Å². The van der Waals surface area contributed by atoms with Crippen LogP contribution in [0.3, 0.4) is 0 Å². The van der Waals surface area contributed by atoms with Gasteiger partial charge in [0.05, 0.1) is 11.6 Å². The zero-order chi connectivity index (χ0) is 25.1. The number of benzene rings is 2. The van der Waals surface area contributed by atoms with Gasteiger partial charge >= 0.3 is 58.4 Å². The molecule has 0 saturated heterocycles. The van der Waals surface area contributed by atoms with Crippen LogP contribution in [0.15, 0.2) is 36.4 Å². The average molecular weight is 504 g/mol. The summed E-state index contributed by atoms with van der Waals surface area (Å²) in [5.41, 5.74) is 2.43. The molecule has 0 aliphatic heterocycles. The number of aryl methyl sites for hydroxylation is 2. The quantitative estimate of drug-likeness (QED) is 0.374. The van der Waals surface area contributed by atoms with E-state index in [1.54, 1.807) is 12.1 Å². The van der Waals surface area contributed by atoms with Crippen LogP contribution in [0.5, 0.6) is 0 Å². The minimum absolute atomic E-state index is 0. The first-order valence-electron chi connectivity index (χ1n) is 10.9. The van der Waals surface area contributed by atoms with Gasteiger partial charge in [0.15, 0.2) is 0 Å². The van der Waals surface area contributed by atoms with Crippen LogP contribution in [0.1, 0.15) is 72.4 Å². The zero-order valence-electron chi connectivity index (χ0n) is 20.8. The molecule has 2 aromatic carbocycles. The summed E-state index contributed by atoms with van der Waals surface area (Å²) in [6.07, 6.45) is 1.27. The molecule has 0 radical (unpaired) electrons. The first kappa shape index (κ1) is 30.8. The predicted molar refractivity (Wildman–Crippen MR) is 123 cm³/mol. The standard InChI is InChI=1S/C24H30BF4N2O2.K/c1-7-8-21(24(4,5)6)31(23(33)17-12-15(2)11-16(3)13-17)30-22(32)19-10-9-18(14-20(19)26)25(27,28)29;/h9-14,21H,7-8H2,1-6H3,(H,30,32);/q-1;+1. The predicted octanol–water partition coefficient (Wildman–Crippen LogP) is 2.50. The van der Waals surface area contributed by atoms with E-state index in [0.29, 0.717) is 30.5 Å². The van der Waals surface area contributed by atoms with Crippen molar-refractivity contribution in [1.82, 2.24) is 10.4 Å². The summed E-state index contributed by atoms with van der Waals surface area (Å²) < 4.78 is 53.2. The summed E-state index contributed by atoms with van der Waals surface area (Å²) in [4.78, 5) is 26.4. The Hall–Kier alpha value is -1.20. The van der Waals surface area contributed by atoms with Crippen LogP contribution in [-0.2, 0) is 0 Å². The van der Waals surface area contributed by atoms with Gasteiger partial charge < -0.3 is 12.9 Å². The maximum atomic E-state index is 14.4. The minimum atomic E-state index is -5.40. The summed E-state index contributed by atoms with van der Waals surface area (Å²) >= 11 is 0. The van der Waals surface area contributed by atoms with Gasteiger partial charge in [-0.15, -0.1) is 5.46 Å². The van der Waals surface area contributed by atoms with Gasteiger partial charge in [0, 0.05) is 5.56 Å². The number of hydrogen-bond donors (Lipinski definition) is 1. The normalized spacial score (nSPS) is 12.5. The van der Waals surface area contributed by atoms with Crippen LogP contribution in [0.25, 0.3) is 0 Å². The Bertz CT molecular complexity index is 1020. The van der Waals surface area contributed by atoms with Gasteiger partial charge in [-0.25, -0.2) is 9.40 Å². The van der Waals surface area contributed by atoms with Gasteiger partial charge in [0.25, 0.3) is 11.8 Å². The van der Waals surface area contributed by atoms with Gasteiger partial charge in [-0.05, 0) is 43.9 Å². The molecular weight excluding hydrogens is 474 g/mol. The van der Waals surface area contributed by atoms with E-state index < -0.39 is 47.1 Å². The van der Waals surface area contributed by atoms with Gasteiger partial charge in [-0.3, -0.25) is 15.0 Å². The molecule has 1 unspecified atom stereocenters. The van der Waals surface area contributed by atoms with E-state index in [-0.39, 0.29) is 51.4 Å². The van der Waals surface area contributed by atoms with Crippen LogP contribution in [0, 0.1) is 25.1 Å². The molecule has 10 heteroatoms. The third kappa shape index (κ3) is 7.91. The topological polar surface area (TPSA) is 49.4 Å². The van der Waals surface area contributed by atoms with Crippen molar-refractivity contribution >= 4 is 24.3 Å². The van der Waals surface area contributed by atoms with Crippen molar-refractivity contribution in [3.63, 3.8) is 0 Å². The smallest absolute Gasteiger partial charge is 0.445 e. The number of nitrogens with one attached hydrogen (secondary N) is 1. The van der Waals surface area contributed by atoms with Gasteiger partial charge in [0.2, 0.25) is 0 Å². The molecule has 0 spiro atoms. The SMILES string of the molecule is CCCC(N(NC(=O)c1ccc([B-](F)(F)F)cc1F)C(=O)c1cc(C)cc(C)c1)C(C)(C)C.[K+]. The summed E-state index contributed by atoms with van der Waals surface area (Å²) in [6, 6.07) is 6.62. The van der Waals surface area contributed by atoms with Crippen LogP contribution in [-0.4, -0.2) is 29.8 Å². The maximum absolute atomic E-state index is 14.4. The molecule has 2 rings (SSSR count). The zero-order valence-corrected chi connectivity index (χ0v) is 23.9. The number of rotatable bonds is 6. The molecule has 0 fully saturated rings. The molecule has 0 aliphatic rings. The molecule has 0 aliphatic carbocycles. The van der Waals surface area contributed by atoms with Crippen molar-refractivity contribution in [3.05, 3.63) is 64.5 Å². The molecule has 1 atom stereocenters. The fraction of sp³-hybridized carbons (Fsp3) is 0.417. The van der Waals surface area contributed by atoms with E-state index in [1.807, 2.05) is 47.6 Å². The van der Waals surface area contributed by atoms with Crippen molar-refractivity contribution in [1.29, 1.82) is 0 Å². The number of halogens is 4. The van der Waals surface area contributed by atoms with E-state index in [9.17, 15) is 26.9 Å². The molecule has 2 aromatic rings. The first-order chi connectivity index (χ1) is 15.1. The molecule has 0 bridgehead atoms. The third-order valence-electron chi connectivity index (χ3n) is 5.40. The molecule has 1 N–H and O–H groups in total. The average Bonchev–Trinajstić information content (AvgIpc) is 2.67. The minimum Gasteiger partial charge on any atom is -0.445 e. The second kappa shape index (κ2) is 12.2. The Balaban J connectivity index is 0.00000578. The molecule has 180 valence electrons. The van der Waals surface area contributed by atoms with Crippen molar-refractivity contribution in [3.8, 4) is 0 Å². The van der Waals surface area contributed by atoms with E-state index in [1.165, 1.54) is 5.01 Å². The number of carbonyl (C=O) groups is 2. The summed E-state index contributed by atoms with van der Waals surface area (Å²) in [6.45, 7) is 5.99. The number of nitrogens with zero attached hydrogens (tertiary/aromatic N) is 1. The van der Waals surface area contributed by atoms with Crippen LogP contribution in [0.4, 0.5) is 17.3 Å². The van der Waals surface area contributed by atoms with Crippen LogP contribution < -0.4 is 62.3 Å². The van der Waals surface area contributed by atoms with Gasteiger partial charge in [-0.2, -0.15) is 0 Å².